The molecule has 0 radical (unpaired) electrons. The number of amides is 1. The van der Waals surface area contributed by atoms with Gasteiger partial charge in [-0.05, 0) is 98.2 Å². The molecule has 2 heterocycles. The molecule has 1 aliphatic heterocycles. The largest absolute Gasteiger partial charge is 0.490 e. The van der Waals surface area contributed by atoms with E-state index in [1.165, 1.54) is 0 Å². The Labute approximate surface area is 315 Å². The number of nitrogens with zero attached hydrogens (tertiary/aromatic N) is 2. The molecule has 1 saturated heterocycles. The zero-order valence-corrected chi connectivity index (χ0v) is 33.0. The van der Waals surface area contributed by atoms with Crippen molar-refractivity contribution in [1.29, 1.82) is 0 Å². The zero-order valence-electron chi connectivity index (χ0n) is 32.0. The van der Waals surface area contributed by atoms with Gasteiger partial charge in [0.1, 0.15) is 11.9 Å². The Hall–Kier alpha value is -4.82. The van der Waals surface area contributed by atoms with Gasteiger partial charge >= 0.3 is 12.1 Å². The van der Waals surface area contributed by atoms with Gasteiger partial charge in [-0.25, -0.2) is 9.78 Å². The molecule has 54 heavy (non-hydrogen) atoms. The molecular formula is C40H51F3N4O6Si. The van der Waals surface area contributed by atoms with Gasteiger partial charge < -0.3 is 35.0 Å². The van der Waals surface area contributed by atoms with Gasteiger partial charge in [0.25, 0.3) is 0 Å². The number of carbonyl (C=O) groups is 2. The minimum absolute atomic E-state index is 0.0239. The highest BCUT2D eigenvalue weighted by Gasteiger charge is 2.45. The molecule has 0 spiro atoms. The Morgan fingerprint density at radius 1 is 1.02 bits per heavy atom. The number of likely N-dealkylation sites (tertiary alicyclic amines) is 1. The molecule has 0 bridgehead atoms. The van der Waals surface area contributed by atoms with Crippen molar-refractivity contribution in [2.24, 2.45) is 0 Å². The molecule has 3 atom stereocenters. The molecule has 292 valence electrons. The van der Waals surface area contributed by atoms with Crippen LogP contribution >= 0.6 is 0 Å². The van der Waals surface area contributed by atoms with Crippen LogP contribution in [0.2, 0.25) is 18.1 Å². The monoisotopic (exact) mass is 768 g/mol. The Bertz CT molecular complexity index is 1900. The molecule has 5 rings (SSSR count). The van der Waals surface area contributed by atoms with E-state index in [-0.39, 0.29) is 29.2 Å². The number of aliphatic carboxylic acids is 1. The molecule has 0 aliphatic carbocycles. The molecule has 0 saturated carbocycles. The first-order valence-electron chi connectivity index (χ1n) is 17.9. The van der Waals surface area contributed by atoms with E-state index in [1.807, 2.05) is 86.3 Å². The first-order valence-corrected chi connectivity index (χ1v) is 20.8. The van der Waals surface area contributed by atoms with Crippen LogP contribution in [0.15, 0.2) is 79.0 Å². The van der Waals surface area contributed by atoms with Crippen LogP contribution in [0.1, 0.15) is 71.2 Å². The van der Waals surface area contributed by atoms with Crippen LogP contribution in [0, 0.1) is 0 Å². The number of aromatic nitrogens is 1. The van der Waals surface area contributed by atoms with Crippen LogP contribution in [-0.4, -0.2) is 66.7 Å². The van der Waals surface area contributed by atoms with Gasteiger partial charge in [-0.1, -0.05) is 57.2 Å². The van der Waals surface area contributed by atoms with Crippen molar-refractivity contribution < 1.29 is 41.8 Å². The van der Waals surface area contributed by atoms with E-state index in [4.69, 9.17) is 29.5 Å². The fraction of sp³-hybridized carbons (Fsp3) is 0.425. The summed E-state index contributed by atoms with van der Waals surface area (Å²) in [6, 6.07) is 23.1. The van der Waals surface area contributed by atoms with Crippen molar-refractivity contribution >= 4 is 42.5 Å². The maximum absolute atomic E-state index is 15.0. The van der Waals surface area contributed by atoms with Crippen LogP contribution in [0.25, 0.3) is 10.8 Å². The Morgan fingerprint density at radius 3 is 2.28 bits per heavy atom. The first kappa shape index (κ1) is 41.9. The number of carbonyl (C=O) groups excluding carboxylic acids is 1. The highest BCUT2D eigenvalue weighted by molar-refractivity contribution is 6.74. The van der Waals surface area contributed by atoms with Gasteiger partial charge in [-0.15, -0.1) is 0 Å². The third-order valence-corrected chi connectivity index (χ3v) is 14.1. The minimum atomic E-state index is -5.08. The van der Waals surface area contributed by atoms with Gasteiger partial charge in [0, 0.05) is 23.8 Å². The van der Waals surface area contributed by atoms with E-state index in [2.05, 4.69) is 56.3 Å². The number of fused-ring (bicyclic) bond motifs is 1. The second kappa shape index (κ2) is 17.1. The summed E-state index contributed by atoms with van der Waals surface area (Å²) in [6.07, 6.45) is -2.74. The molecule has 1 aromatic heterocycles. The number of nitrogens with one attached hydrogen (secondary N) is 1. The summed E-state index contributed by atoms with van der Waals surface area (Å²) in [6.45, 7) is 18.2. The Balaban J connectivity index is 0.000000845. The SMILES string of the molecule is CCOc1cc(C(Nc2ccc3c(N)nccc3c2)C(=O)N2C[C@H](O[Si](C)(C)C(C)(C)C)C[C@@H]2c2ccccc2)ccc1OC(C)C.O=C(O)C(F)(F)F. The topological polar surface area (TPSA) is 136 Å². The van der Waals surface area contributed by atoms with Gasteiger partial charge in [-0.2, -0.15) is 13.2 Å². The number of rotatable bonds is 11. The summed E-state index contributed by atoms with van der Waals surface area (Å²) < 4.78 is 50.8. The predicted molar refractivity (Wildman–Crippen MR) is 207 cm³/mol. The van der Waals surface area contributed by atoms with E-state index in [0.717, 1.165) is 34.0 Å². The average Bonchev–Trinajstić information content (AvgIpc) is 3.50. The molecule has 4 N–H and O–H groups in total. The number of anilines is 2. The van der Waals surface area contributed by atoms with Crippen LogP contribution in [0.3, 0.4) is 0 Å². The van der Waals surface area contributed by atoms with Gasteiger partial charge in [0.2, 0.25) is 5.91 Å². The van der Waals surface area contributed by atoms with Gasteiger partial charge in [-0.3, -0.25) is 4.79 Å². The summed E-state index contributed by atoms with van der Waals surface area (Å²) in [5.41, 5.74) is 8.83. The number of benzene rings is 3. The van der Waals surface area contributed by atoms with Crippen molar-refractivity contribution in [2.45, 2.75) is 96.6 Å². The molecule has 1 amide bonds. The molecule has 10 nitrogen and oxygen atoms in total. The number of alkyl halides is 3. The highest BCUT2D eigenvalue weighted by atomic mass is 28.4. The number of carboxylic acids is 1. The average molecular weight is 769 g/mol. The maximum Gasteiger partial charge on any atom is 0.490 e. The third-order valence-electron chi connectivity index (χ3n) is 9.56. The van der Waals surface area contributed by atoms with Crippen LogP contribution < -0.4 is 20.5 Å². The van der Waals surface area contributed by atoms with Crippen LogP contribution in [0.4, 0.5) is 24.7 Å². The maximum atomic E-state index is 15.0. The number of ether oxygens (including phenoxy) is 2. The second-order valence-electron chi connectivity index (χ2n) is 15.0. The predicted octanol–water partition coefficient (Wildman–Crippen LogP) is 9.15. The van der Waals surface area contributed by atoms with Crippen molar-refractivity contribution in [2.75, 3.05) is 24.2 Å². The highest BCUT2D eigenvalue weighted by Crippen LogP contribution is 2.43. The normalized spacial score (nSPS) is 16.8. The summed E-state index contributed by atoms with van der Waals surface area (Å²) in [5.74, 6) is -1.06. The minimum Gasteiger partial charge on any atom is -0.490 e. The standard InChI is InChI=1S/C38H50N4O4Si.C2HF3O2/c1-9-44-34-22-28(15-18-33(34)45-25(2)3)35(41-29-16-17-31-27(21-29)19-20-40-36(31)39)37(43)42-24-30(46-47(7,8)38(4,5)6)23-32(42)26-13-11-10-12-14-26;3-2(4,5)1(6)7/h10-22,25,30,32,35,41H,9,23-24H2,1-8H3,(H2,39,40);(H,6,7)/t30-,32-,35?;/m1./s1. The van der Waals surface area contributed by atoms with E-state index in [9.17, 15) is 13.2 Å². The lowest BCUT2D eigenvalue weighted by Gasteiger charge is -2.38. The molecule has 14 heteroatoms. The van der Waals surface area contributed by atoms with Gasteiger partial charge in [0.15, 0.2) is 19.8 Å². The quantitative estimate of drug-likeness (QED) is 0.128. The summed E-state index contributed by atoms with van der Waals surface area (Å²) in [7, 11) is -2.08. The lowest BCUT2D eigenvalue weighted by Crippen LogP contribution is -2.45. The lowest BCUT2D eigenvalue weighted by molar-refractivity contribution is -0.192. The summed E-state index contributed by atoms with van der Waals surface area (Å²) in [4.78, 5) is 30.1. The van der Waals surface area contributed by atoms with Gasteiger partial charge in [0.05, 0.1) is 24.9 Å². The molecule has 3 aromatic carbocycles. The fourth-order valence-electron chi connectivity index (χ4n) is 5.95. The van der Waals surface area contributed by atoms with Crippen LogP contribution in [0.5, 0.6) is 11.5 Å². The molecule has 1 unspecified atom stereocenters. The molecular weight excluding hydrogens is 718 g/mol. The number of nitrogens with two attached hydrogens (primary N) is 1. The molecule has 1 fully saturated rings. The summed E-state index contributed by atoms with van der Waals surface area (Å²) in [5, 5.41) is 12.6. The third kappa shape index (κ3) is 10.4. The zero-order chi connectivity index (χ0) is 40.0. The first-order chi connectivity index (χ1) is 25.2. The number of hydrogen-bond donors (Lipinski definition) is 3. The number of carboxylic acid groups (broad SMARTS) is 1. The van der Waals surface area contributed by atoms with E-state index >= 15 is 4.79 Å². The van der Waals surface area contributed by atoms with E-state index < -0.39 is 26.5 Å². The van der Waals surface area contributed by atoms with Crippen molar-refractivity contribution in [1.82, 2.24) is 9.88 Å². The number of halogens is 3. The van der Waals surface area contributed by atoms with Crippen molar-refractivity contribution in [3.63, 3.8) is 0 Å². The lowest BCUT2D eigenvalue weighted by atomic mass is 10.0. The van der Waals surface area contributed by atoms with E-state index in [0.29, 0.717) is 30.5 Å². The number of nitrogen functional groups attached to an aromatic ring is 1. The molecule has 4 aromatic rings. The summed E-state index contributed by atoms with van der Waals surface area (Å²) >= 11 is 0. The number of pyridine rings is 1. The smallest absolute Gasteiger partial charge is 0.490 e. The molecule has 1 aliphatic rings. The second-order valence-corrected chi connectivity index (χ2v) is 19.7. The number of hydrogen-bond acceptors (Lipinski definition) is 8. The van der Waals surface area contributed by atoms with Crippen molar-refractivity contribution in [3.8, 4) is 11.5 Å². The Morgan fingerprint density at radius 2 is 1.69 bits per heavy atom. The van der Waals surface area contributed by atoms with Crippen LogP contribution in [-0.2, 0) is 14.0 Å². The Kier molecular flexibility index (Phi) is 13.3. The fourth-order valence-corrected chi connectivity index (χ4v) is 7.30. The van der Waals surface area contributed by atoms with E-state index in [1.54, 1.807) is 6.20 Å². The van der Waals surface area contributed by atoms with Crippen molar-refractivity contribution in [3.05, 3.63) is 90.1 Å².